The Balaban J connectivity index is 1.43. The summed E-state index contributed by atoms with van der Waals surface area (Å²) in [6.07, 6.45) is 6.61. The summed E-state index contributed by atoms with van der Waals surface area (Å²) in [6, 6.07) is 14.9. The fourth-order valence-electron chi connectivity index (χ4n) is 6.57. The SMILES string of the molecule is CN1CC(=O)CCCCCC(C)(c2cccc(CCC(=O)O)c2)c2cnc([nH]2)-c2cc(ccc2F)Oc2c(F)cc3[nH]ccc3c2CC1=O. The maximum absolute atomic E-state index is 15.6. The van der Waals surface area contributed by atoms with Crippen molar-refractivity contribution in [3.05, 3.63) is 101 Å². The summed E-state index contributed by atoms with van der Waals surface area (Å²) in [6.45, 7) is 2.00. The number of hydrogen-bond donors (Lipinski definition) is 3. The Morgan fingerprint density at radius 3 is 2.71 bits per heavy atom. The topological polar surface area (TPSA) is 128 Å². The number of halogens is 2. The van der Waals surface area contributed by atoms with Crippen LogP contribution in [0, 0.1) is 11.6 Å². The Labute approximate surface area is 282 Å². The van der Waals surface area contributed by atoms with Gasteiger partial charge in [0.2, 0.25) is 5.91 Å². The second-order valence-electron chi connectivity index (χ2n) is 12.9. The van der Waals surface area contributed by atoms with Gasteiger partial charge in [-0.2, -0.15) is 0 Å². The molecule has 2 aromatic heterocycles. The second-order valence-corrected chi connectivity index (χ2v) is 12.9. The molecule has 3 aromatic carbocycles. The van der Waals surface area contributed by atoms with Crippen molar-refractivity contribution >= 4 is 28.6 Å². The molecular weight excluding hydrogens is 630 g/mol. The van der Waals surface area contributed by atoms with Gasteiger partial charge in [-0.25, -0.2) is 13.8 Å². The fraction of sp³-hybridized carbons (Fsp3) is 0.316. The maximum atomic E-state index is 15.6. The third-order valence-corrected chi connectivity index (χ3v) is 9.44. The number of nitrogens with one attached hydrogen (secondary N) is 2. The summed E-state index contributed by atoms with van der Waals surface area (Å²) in [7, 11) is 1.56. The van der Waals surface area contributed by atoms with Gasteiger partial charge in [0.15, 0.2) is 17.3 Å². The summed E-state index contributed by atoms with van der Waals surface area (Å²) in [5.41, 5.74) is 2.87. The average Bonchev–Trinajstić information content (AvgIpc) is 3.76. The van der Waals surface area contributed by atoms with E-state index < -0.39 is 23.0 Å². The number of carbonyl (C=O) groups is 3. The lowest BCUT2D eigenvalue weighted by atomic mass is 9.75. The lowest BCUT2D eigenvalue weighted by molar-refractivity contribution is -0.137. The van der Waals surface area contributed by atoms with E-state index in [9.17, 15) is 19.5 Å². The molecule has 1 atom stereocenters. The smallest absolute Gasteiger partial charge is 0.303 e. The minimum atomic E-state index is -0.875. The van der Waals surface area contributed by atoms with Gasteiger partial charge in [-0.3, -0.25) is 14.4 Å². The number of amides is 1. The van der Waals surface area contributed by atoms with Crippen LogP contribution in [0.3, 0.4) is 0 Å². The molecule has 254 valence electrons. The first kappa shape index (κ1) is 33.6. The molecule has 1 amide bonds. The lowest BCUT2D eigenvalue weighted by Crippen LogP contribution is -2.33. The first-order valence-corrected chi connectivity index (χ1v) is 16.4. The van der Waals surface area contributed by atoms with E-state index in [1.165, 1.54) is 29.2 Å². The van der Waals surface area contributed by atoms with Gasteiger partial charge in [0.05, 0.1) is 18.5 Å². The van der Waals surface area contributed by atoms with Gasteiger partial charge in [0, 0.05) is 65.9 Å². The van der Waals surface area contributed by atoms with Gasteiger partial charge in [0.25, 0.3) is 0 Å². The van der Waals surface area contributed by atoms with E-state index in [2.05, 4.69) is 21.9 Å². The summed E-state index contributed by atoms with van der Waals surface area (Å²) in [5.74, 6) is -2.35. The molecule has 1 aliphatic heterocycles. The summed E-state index contributed by atoms with van der Waals surface area (Å²) in [4.78, 5) is 49.8. The summed E-state index contributed by atoms with van der Waals surface area (Å²) in [5, 5.41) is 9.83. The molecule has 3 N–H and O–H groups in total. The van der Waals surface area contributed by atoms with Gasteiger partial charge in [0.1, 0.15) is 17.4 Å². The Morgan fingerprint density at radius 1 is 1.06 bits per heavy atom. The van der Waals surface area contributed by atoms with Gasteiger partial charge in [-0.1, -0.05) is 37.1 Å². The highest BCUT2D eigenvalue weighted by atomic mass is 19.1. The van der Waals surface area contributed by atoms with Crippen LogP contribution in [-0.4, -0.2) is 56.2 Å². The van der Waals surface area contributed by atoms with E-state index >= 15 is 8.78 Å². The van der Waals surface area contributed by atoms with Crippen LogP contribution < -0.4 is 4.74 Å². The summed E-state index contributed by atoms with van der Waals surface area (Å²) >= 11 is 0. The van der Waals surface area contributed by atoms with Crippen molar-refractivity contribution in [2.75, 3.05) is 13.6 Å². The number of ether oxygens (including phenoxy) is 1. The number of benzene rings is 3. The lowest BCUT2D eigenvalue weighted by Gasteiger charge is -2.30. The molecule has 3 heterocycles. The van der Waals surface area contributed by atoms with Gasteiger partial charge in [-0.05, 0) is 61.6 Å². The number of carboxylic acid groups (broad SMARTS) is 1. The molecule has 0 spiro atoms. The van der Waals surface area contributed by atoms with Crippen LogP contribution in [0.25, 0.3) is 22.3 Å². The molecule has 4 bridgehead atoms. The zero-order valence-corrected chi connectivity index (χ0v) is 27.4. The van der Waals surface area contributed by atoms with E-state index in [-0.39, 0.29) is 54.0 Å². The Morgan fingerprint density at radius 2 is 1.90 bits per heavy atom. The fourth-order valence-corrected chi connectivity index (χ4v) is 6.57. The molecule has 11 heteroatoms. The number of H-pyrrole nitrogens is 2. The number of aromatic amines is 2. The Kier molecular flexibility index (Phi) is 9.62. The number of aryl methyl sites for hydroxylation is 1. The molecule has 9 nitrogen and oxygen atoms in total. The van der Waals surface area contributed by atoms with E-state index in [1.807, 2.05) is 24.3 Å². The molecule has 5 aromatic rings. The van der Waals surface area contributed by atoms with Crippen LogP contribution >= 0.6 is 0 Å². The van der Waals surface area contributed by atoms with Crippen LogP contribution in [0.1, 0.15) is 67.8 Å². The number of nitrogens with zero attached hydrogens (tertiary/aromatic N) is 2. The van der Waals surface area contributed by atoms with Crippen molar-refractivity contribution in [1.29, 1.82) is 0 Å². The highest BCUT2D eigenvalue weighted by molar-refractivity contribution is 5.92. The number of carbonyl (C=O) groups excluding carboxylic acids is 2. The number of likely N-dealkylation sites (N-methyl/N-ethyl adjacent to an activating group) is 1. The van der Waals surface area contributed by atoms with Crippen LogP contribution in [-0.2, 0) is 32.6 Å². The first-order chi connectivity index (χ1) is 23.5. The highest BCUT2D eigenvalue weighted by Crippen LogP contribution is 2.40. The molecule has 0 saturated carbocycles. The van der Waals surface area contributed by atoms with E-state index in [0.29, 0.717) is 42.1 Å². The largest absolute Gasteiger partial charge is 0.481 e. The number of rotatable bonds is 4. The number of imidazole rings is 1. The minimum Gasteiger partial charge on any atom is -0.481 e. The highest BCUT2D eigenvalue weighted by Gasteiger charge is 2.32. The first-order valence-electron chi connectivity index (χ1n) is 16.4. The summed E-state index contributed by atoms with van der Waals surface area (Å²) < 4.78 is 37.1. The number of aliphatic carboxylic acids is 1. The second kappa shape index (κ2) is 14.0. The van der Waals surface area contributed by atoms with Gasteiger partial charge in [-0.15, -0.1) is 0 Å². The number of aromatic nitrogens is 3. The van der Waals surface area contributed by atoms with Gasteiger partial charge >= 0.3 is 5.97 Å². The van der Waals surface area contributed by atoms with Gasteiger partial charge < -0.3 is 24.7 Å². The molecule has 1 aliphatic rings. The molecular formula is C38H38F2N4O5. The number of hydrogen-bond acceptors (Lipinski definition) is 5. The molecule has 0 radical (unpaired) electrons. The zero-order chi connectivity index (χ0) is 34.7. The van der Waals surface area contributed by atoms with Crippen LogP contribution in [0.4, 0.5) is 8.78 Å². The van der Waals surface area contributed by atoms with Crippen molar-refractivity contribution in [2.45, 2.75) is 63.7 Å². The molecule has 0 aliphatic carbocycles. The van der Waals surface area contributed by atoms with Crippen molar-refractivity contribution in [3.63, 3.8) is 0 Å². The van der Waals surface area contributed by atoms with Crippen LogP contribution in [0.15, 0.2) is 67.0 Å². The quantitative estimate of drug-likeness (QED) is 0.182. The monoisotopic (exact) mass is 668 g/mol. The normalized spacial score (nSPS) is 17.8. The van der Waals surface area contributed by atoms with Crippen molar-refractivity contribution < 1.29 is 33.0 Å². The van der Waals surface area contributed by atoms with Crippen LogP contribution in [0.5, 0.6) is 11.5 Å². The molecule has 0 fully saturated rings. The molecule has 1 unspecified atom stereocenters. The average molecular weight is 669 g/mol. The standard InChI is InChI=1S/C38H38F2N4O5/c1-38(24-8-6-7-23(17-24)10-13-35(47)48)15-5-3-4-9-25(45)22-44(2)34(46)19-28-27-14-16-41-32(27)20-31(40)36(28)49-26-11-12-30(39)29(18-26)37-42-21-33(38)43-37/h6-8,11-12,14,16-18,20-21,41H,3-5,9-10,13,15,19,22H2,1-2H3,(H,42,43)(H,47,48). The minimum absolute atomic E-state index is 0.00527. The predicted octanol–water partition coefficient (Wildman–Crippen LogP) is 7.49. The third kappa shape index (κ3) is 7.25. The van der Waals surface area contributed by atoms with Crippen molar-refractivity contribution in [1.82, 2.24) is 19.9 Å². The molecule has 49 heavy (non-hydrogen) atoms. The van der Waals surface area contributed by atoms with E-state index in [1.54, 1.807) is 25.5 Å². The Hall–Kier alpha value is -5.32. The van der Waals surface area contributed by atoms with Crippen LogP contribution in [0.2, 0.25) is 0 Å². The molecule has 6 rings (SSSR count). The van der Waals surface area contributed by atoms with Crippen molar-refractivity contribution in [2.24, 2.45) is 0 Å². The van der Waals surface area contributed by atoms with Crippen molar-refractivity contribution in [3.8, 4) is 22.9 Å². The number of Topliss-reactive ketones (excluding diaryl/α,β-unsaturated/α-hetero) is 1. The number of ketones is 1. The zero-order valence-electron chi connectivity index (χ0n) is 27.4. The Bertz CT molecular complexity index is 2040. The maximum Gasteiger partial charge on any atom is 0.303 e. The van der Waals surface area contributed by atoms with E-state index in [0.717, 1.165) is 29.7 Å². The number of carboxylic acids is 1. The number of fused-ring (bicyclic) bond motifs is 8. The van der Waals surface area contributed by atoms with E-state index in [4.69, 9.17) is 4.74 Å². The predicted molar refractivity (Wildman–Crippen MR) is 181 cm³/mol. The molecule has 0 saturated heterocycles. The third-order valence-electron chi connectivity index (χ3n) is 9.44.